The molecule has 2 aromatic heterocycles. The first kappa shape index (κ1) is 18.1. The van der Waals surface area contributed by atoms with Crippen molar-refractivity contribution < 1.29 is 9.53 Å². The quantitative estimate of drug-likeness (QED) is 0.779. The van der Waals surface area contributed by atoms with Gasteiger partial charge in [-0.3, -0.25) is 9.89 Å². The molecule has 1 aliphatic heterocycles. The molecule has 0 bridgehead atoms. The van der Waals surface area contributed by atoms with E-state index in [9.17, 15) is 4.79 Å². The summed E-state index contributed by atoms with van der Waals surface area (Å²) in [5.74, 6) is 1.48. The Morgan fingerprint density at radius 1 is 1.42 bits per heavy atom. The standard InChI is InChI=1S/C17H25N7O2/c1-11-5-14(22-21-11)17(25)18-8-12-6-13(26-4)9-24(12)16-7-15(23(2)3)19-10-20-16/h5,7,10,12-13H,6,8-9H2,1-4H3,(H,18,25)(H,21,22)/t12-,13-/m1/s1. The highest BCUT2D eigenvalue weighted by Gasteiger charge is 2.33. The van der Waals surface area contributed by atoms with Crippen LogP contribution >= 0.6 is 0 Å². The number of aromatic nitrogens is 4. The molecule has 0 saturated carbocycles. The van der Waals surface area contributed by atoms with Gasteiger partial charge in [0.2, 0.25) is 0 Å². The Labute approximate surface area is 152 Å². The topological polar surface area (TPSA) is 99.3 Å². The zero-order valence-corrected chi connectivity index (χ0v) is 15.6. The summed E-state index contributed by atoms with van der Waals surface area (Å²) in [6, 6.07) is 3.77. The van der Waals surface area contributed by atoms with Gasteiger partial charge in [-0.1, -0.05) is 0 Å². The van der Waals surface area contributed by atoms with Gasteiger partial charge in [0.25, 0.3) is 5.91 Å². The molecule has 140 valence electrons. The SMILES string of the molecule is CO[C@@H]1C[C@H](CNC(=O)c2cc(C)[nH]n2)N(c2cc(N(C)C)ncn2)C1. The molecule has 1 amide bonds. The normalized spacial score (nSPS) is 19.6. The molecule has 26 heavy (non-hydrogen) atoms. The van der Waals surface area contributed by atoms with Gasteiger partial charge in [0.1, 0.15) is 23.7 Å². The number of methoxy groups -OCH3 is 1. The van der Waals surface area contributed by atoms with Crippen LogP contribution in [-0.4, -0.2) is 72.5 Å². The number of rotatable bonds is 6. The van der Waals surface area contributed by atoms with Crippen LogP contribution in [0.4, 0.5) is 11.6 Å². The van der Waals surface area contributed by atoms with Crippen LogP contribution in [0.1, 0.15) is 22.6 Å². The summed E-state index contributed by atoms with van der Waals surface area (Å²) in [7, 11) is 5.59. The summed E-state index contributed by atoms with van der Waals surface area (Å²) in [6.07, 6.45) is 2.48. The smallest absolute Gasteiger partial charge is 0.271 e. The van der Waals surface area contributed by atoms with E-state index < -0.39 is 0 Å². The molecule has 1 fully saturated rings. The highest BCUT2D eigenvalue weighted by atomic mass is 16.5. The van der Waals surface area contributed by atoms with E-state index in [0.29, 0.717) is 12.2 Å². The van der Waals surface area contributed by atoms with E-state index in [1.165, 1.54) is 0 Å². The third-order valence-electron chi connectivity index (χ3n) is 4.54. The maximum atomic E-state index is 12.3. The fourth-order valence-electron chi connectivity index (χ4n) is 3.09. The molecule has 9 nitrogen and oxygen atoms in total. The molecule has 2 atom stereocenters. The van der Waals surface area contributed by atoms with Crippen LogP contribution in [0.3, 0.4) is 0 Å². The number of carbonyl (C=O) groups excluding carboxylic acids is 1. The molecule has 3 rings (SSSR count). The molecule has 0 unspecified atom stereocenters. The number of nitrogens with one attached hydrogen (secondary N) is 2. The minimum Gasteiger partial charge on any atom is -0.380 e. The molecule has 2 aromatic rings. The predicted molar refractivity (Wildman–Crippen MR) is 98.6 cm³/mol. The van der Waals surface area contributed by atoms with Crippen LogP contribution < -0.4 is 15.1 Å². The van der Waals surface area contributed by atoms with Crippen molar-refractivity contribution in [3.63, 3.8) is 0 Å². The van der Waals surface area contributed by atoms with E-state index in [0.717, 1.165) is 30.3 Å². The largest absolute Gasteiger partial charge is 0.380 e. The summed E-state index contributed by atoms with van der Waals surface area (Å²) in [5.41, 5.74) is 1.25. The second-order valence-electron chi connectivity index (χ2n) is 6.67. The Balaban J connectivity index is 1.71. The van der Waals surface area contributed by atoms with Crippen LogP contribution in [-0.2, 0) is 4.74 Å². The lowest BCUT2D eigenvalue weighted by Crippen LogP contribution is -2.40. The van der Waals surface area contributed by atoms with Gasteiger partial charge in [0.15, 0.2) is 0 Å². The van der Waals surface area contributed by atoms with Gasteiger partial charge in [-0.2, -0.15) is 5.10 Å². The summed E-state index contributed by atoms with van der Waals surface area (Å²) in [5, 5.41) is 9.74. The van der Waals surface area contributed by atoms with E-state index >= 15 is 0 Å². The number of anilines is 2. The number of hydrogen-bond donors (Lipinski definition) is 2. The van der Waals surface area contributed by atoms with E-state index in [4.69, 9.17) is 4.74 Å². The molecule has 0 radical (unpaired) electrons. The number of nitrogens with zero attached hydrogens (tertiary/aromatic N) is 5. The average Bonchev–Trinajstić information content (AvgIpc) is 3.26. The number of ether oxygens (including phenoxy) is 1. The van der Waals surface area contributed by atoms with E-state index in [-0.39, 0.29) is 18.1 Å². The Bertz CT molecular complexity index is 761. The van der Waals surface area contributed by atoms with Crippen molar-refractivity contribution in [2.24, 2.45) is 0 Å². The number of hydrogen-bond acceptors (Lipinski definition) is 7. The van der Waals surface area contributed by atoms with Crippen molar-refractivity contribution >= 4 is 17.5 Å². The molecule has 3 heterocycles. The second kappa shape index (κ2) is 7.69. The zero-order valence-electron chi connectivity index (χ0n) is 15.6. The van der Waals surface area contributed by atoms with Crippen molar-refractivity contribution in [2.45, 2.75) is 25.5 Å². The van der Waals surface area contributed by atoms with Crippen LogP contribution in [0, 0.1) is 6.92 Å². The molecule has 0 aromatic carbocycles. The molecular formula is C17H25N7O2. The lowest BCUT2D eigenvalue weighted by Gasteiger charge is -2.26. The van der Waals surface area contributed by atoms with E-state index in [1.807, 2.05) is 32.0 Å². The van der Waals surface area contributed by atoms with Gasteiger partial charge in [-0.15, -0.1) is 0 Å². The predicted octanol–water partition coefficient (Wildman–Crippen LogP) is 0.598. The monoisotopic (exact) mass is 359 g/mol. The van der Waals surface area contributed by atoms with Gasteiger partial charge >= 0.3 is 0 Å². The summed E-state index contributed by atoms with van der Waals surface area (Å²) < 4.78 is 5.54. The Morgan fingerprint density at radius 3 is 2.88 bits per heavy atom. The minimum atomic E-state index is -0.188. The number of aryl methyl sites for hydroxylation is 1. The summed E-state index contributed by atoms with van der Waals surface area (Å²) >= 11 is 0. The van der Waals surface area contributed by atoms with Crippen molar-refractivity contribution in [3.8, 4) is 0 Å². The highest BCUT2D eigenvalue weighted by Crippen LogP contribution is 2.26. The first-order valence-corrected chi connectivity index (χ1v) is 8.57. The molecule has 1 aliphatic rings. The number of H-pyrrole nitrogens is 1. The first-order valence-electron chi connectivity index (χ1n) is 8.57. The van der Waals surface area contributed by atoms with Crippen molar-refractivity contribution in [1.29, 1.82) is 0 Å². The lowest BCUT2D eigenvalue weighted by molar-refractivity contribution is 0.0941. The maximum Gasteiger partial charge on any atom is 0.271 e. The fourth-order valence-corrected chi connectivity index (χ4v) is 3.09. The molecular weight excluding hydrogens is 334 g/mol. The van der Waals surface area contributed by atoms with E-state index in [1.54, 1.807) is 19.5 Å². The molecule has 0 aliphatic carbocycles. The molecule has 9 heteroatoms. The van der Waals surface area contributed by atoms with Crippen molar-refractivity contribution in [2.75, 3.05) is 44.1 Å². The van der Waals surface area contributed by atoms with E-state index in [2.05, 4.69) is 30.4 Å². The molecule has 0 spiro atoms. The van der Waals surface area contributed by atoms with Gasteiger partial charge in [0, 0.05) is 46.1 Å². The third kappa shape index (κ3) is 3.93. The molecule has 2 N–H and O–H groups in total. The van der Waals surface area contributed by atoms with Gasteiger partial charge < -0.3 is 19.9 Å². The Kier molecular flexibility index (Phi) is 5.36. The lowest BCUT2D eigenvalue weighted by atomic mass is 10.2. The number of carbonyl (C=O) groups is 1. The highest BCUT2D eigenvalue weighted by molar-refractivity contribution is 5.92. The van der Waals surface area contributed by atoms with Gasteiger partial charge in [-0.05, 0) is 19.4 Å². The van der Waals surface area contributed by atoms with Crippen LogP contribution in [0.2, 0.25) is 0 Å². The first-order chi connectivity index (χ1) is 12.5. The van der Waals surface area contributed by atoms with Gasteiger partial charge in [0.05, 0.1) is 12.1 Å². The maximum absolute atomic E-state index is 12.3. The zero-order chi connectivity index (χ0) is 18.7. The van der Waals surface area contributed by atoms with Crippen molar-refractivity contribution in [3.05, 3.63) is 29.8 Å². The summed E-state index contributed by atoms with van der Waals surface area (Å²) in [6.45, 7) is 3.08. The molecule has 1 saturated heterocycles. The number of aromatic amines is 1. The third-order valence-corrected chi connectivity index (χ3v) is 4.54. The Morgan fingerprint density at radius 2 is 2.23 bits per heavy atom. The average molecular weight is 359 g/mol. The summed E-state index contributed by atoms with van der Waals surface area (Å²) in [4.78, 5) is 25.1. The number of amides is 1. The van der Waals surface area contributed by atoms with Gasteiger partial charge in [-0.25, -0.2) is 9.97 Å². The van der Waals surface area contributed by atoms with Crippen LogP contribution in [0.25, 0.3) is 0 Å². The Hall–Kier alpha value is -2.68. The van der Waals surface area contributed by atoms with Crippen LogP contribution in [0.5, 0.6) is 0 Å². The van der Waals surface area contributed by atoms with Crippen LogP contribution in [0.15, 0.2) is 18.5 Å². The van der Waals surface area contributed by atoms with Crippen molar-refractivity contribution in [1.82, 2.24) is 25.5 Å². The fraction of sp³-hybridized carbons (Fsp3) is 0.529. The minimum absolute atomic E-state index is 0.0915. The second-order valence-corrected chi connectivity index (χ2v) is 6.67.